The van der Waals surface area contributed by atoms with Crippen molar-refractivity contribution in [2.24, 2.45) is 0 Å². The predicted octanol–water partition coefficient (Wildman–Crippen LogP) is 1.77. The van der Waals surface area contributed by atoms with Crippen molar-refractivity contribution in [3.63, 3.8) is 0 Å². The Bertz CT molecular complexity index is 352. The molecule has 4 nitrogen and oxygen atoms in total. The van der Waals surface area contributed by atoms with E-state index in [1.54, 1.807) is 0 Å². The molecule has 1 aromatic heterocycles. The van der Waals surface area contributed by atoms with Crippen molar-refractivity contribution in [3.8, 4) is 0 Å². The minimum atomic E-state index is -0.0688. The van der Waals surface area contributed by atoms with Gasteiger partial charge in [0, 0.05) is 5.41 Å². The predicted molar refractivity (Wildman–Crippen MR) is 72.2 cm³/mol. The Morgan fingerprint density at radius 3 is 2.44 bits per heavy atom. The maximum absolute atomic E-state index is 5.95. The highest BCUT2D eigenvalue weighted by Crippen LogP contribution is 2.24. The molecule has 92 valence electrons. The van der Waals surface area contributed by atoms with Crippen LogP contribution in [0.3, 0.4) is 0 Å². The maximum atomic E-state index is 5.95. The molecule has 0 aromatic carbocycles. The van der Waals surface area contributed by atoms with E-state index in [2.05, 4.69) is 32.0 Å². The fourth-order valence-corrected chi connectivity index (χ4v) is 2.02. The summed E-state index contributed by atoms with van der Waals surface area (Å²) in [6.45, 7) is 6.26. The molecular weight excluding hydrogens is 220 g/mol. The molecule has 0 atom stereocenters. The molecule has 0 radical (unpaired) electrons. The first-order chi connectivity index (χ1) is 7.38. The largest absolute Gasteiger partial charge is 0.382 e. The van der Waals surface area contributed by atoms with E-state index < -0.39 is 0 Å². The van der Waals surface area contributed by atoms with Crippen LogP contribution < -0.4 is 11.6 Å². The first-order valence-corrected chi connectivity index (χ1v) is 6.89. The van der Waals surface area contributed by atoms with Crippen LogP contribution in [0.25, 0.3) is 0 Å². The Hall–Kier alpha value is -0.840. The Morgan fingerprint density at radius 1 is 1.38 bits per heavy atom. The molecule has 0 fully saturated rings. The molecule has 0 bridgehead atoms. The van der Waals surface area contributed by atoms with Crippen molar-refractivity contribution in [2.75, 3.05) is 23.6 Å². The third kappa shape index (κ3) is 2.84. The lowest BCUT2D eigenvalue weighted by Crippen LogP contribution is -2.24. The summed E-state index contributed by atoms with van der Waals surface area (Å²) in [6.07, 6.45) is 4.09. The highest BCUT2D eigenvalue weighted by atomic mass is 32.2. The van der Waals surface area contributed by atoms with Crippen molar-refractivity contribution < 1.29 is 0 Å². The Kier molecular flexibility index (Phi) is 4.13. The van der Waals surface area contributed by atoms with Gasteiger partial charge in [-0.05, 0) is 24.9 Å². The Morgan fingerprint density at radius 2 is 2.00 bits per heavy atom. The summed E-state index contributed by atoms with van der Waals surface area (Å²) in [4.78, 5) is 4.56. The molecule has 5 heteroatoms. The van der Waals surface area contributed by atoms with E-state index in [1.807, 2.05) is 11.8 Å². The van der Waals surface area contributed by atoms with Crippen molar-refractivity contribution in [2.45, 2.75) is 39.0 Å². The third-order valence-electron chi connectivity index (χ3n) is 2.46. The van der Waals surface area contributed by atoms with Gasteiger partial charge in [-0.3, -0.25) is 0 Å². The number of aromatic nitrogens is 2. The van der Waals surface area contributed by atoms with Crippen LogP contribution >= 0.6 is 11.8 Å². The lowest BCUT2D eigenvalue weighted by Gasteiger charge is -2.17. The van der Waals surface area contributed by atoms with Crippen LogP contribution in [0.2, 0.25) is 0 Å². The summed E-state index contributed by atoms with van der Waals surface area (Å²) in [7, 11) is 0. The van der Waals surface area contributed by atoms with Crippen LogP contribution in [0.1, 0.15) is 38.7 Å². The normalized spacial score (nSPS) is 12.0. The Balaban J connectivity index is 2.88. The number of thioether (sulfide) groups is 1. The lowest BCUT2D eigenvalue weighted by atomic mass is 9.96. The zero-order chi connectivity index (χ0) is 12.3. The second kappa shape index (κ2) is 4.99. The van der Waals surface area contributed by atoms with Crippen LogP contribution in [0, 0.1) is 0 Å². The molecule has 1 rings (SSSR count). The van der Waals surface area contributed by atoms with Gasteiger partial charge in [-0.15, -0.1) is 0 Å². The molecule has 0 aliphatic carbocycles. The van der Waals surface area contributed by atoms with E-state index in [0.717, 1.165) is 30.1 Å². The molecular formula is C11H22N4S. The molecule has 0 amide bonds. The van der Waals surface area contributed by atoms with E-state index in [1.165, 1.54) is 4.68 Å². The standard InChI is InChI=1S/C11H22N4S/c1-11(2,3)10-14-8(6-5-7-16-4)9(12)15(10)13/h5-7,12-13H2,1-4H3. The van der Waals surface area contributed by atoms with Gasteiger partial charge < -0.3 is 11.6 Å². The highest BCUT2D eigenvalue weighted by molar-refractivity contribution is 7.98. The number of nitrogen functional groups attached to an aromatic ring is 2. The van der Waals surface area contributed by atoms with Crippen LogP contribution in [0.15, 0.2) is 0 Å². The summed E-state index contributed by atoms with van der Waals surface area (Å²) < 4.78 is 1.52. The van der Waals surface area contributed by atoms with Gasteiger partial charge in [0.05, 0.1) is 5.69 Å². The first-order valence-electron chi connectivity index (χ1n) is 5.49. The minimum Gasteiger partial charge on any atom is -0.382 e. The Labute approximate surface area is 102 Å². The summed E-state index contributed by atoms with van der Waals surface area (Å²) >= 11 is 1.84. The summed E-state index contributed by atoms with van der Waals surface area (Å²) in [6, 6.07) is 0. The van der Waals surface area contributed by atoms with Crippen molar-refractivity contribution in [1.29, 1.82) is 0 Å². The van der Waals surface area contributed by atoms with Gasteiger partial charge in [-0.2, -0.15) is 11.8 Å². The number of imidazole rings is 1. The van der Waals surface area contributed by atoms with Gasteiger partial charge in [0.15, 0.2) is 0 Å². The molecule has 0 aliphatic rings. The molecule has 1 heterocycles. The second-order valence-corrected chi connectivity index (χ2v) is 5.97. The van der Waals surface area contributed by atoms with E-state index in [4.69, 9.17) is 11.6 Å². The molecule has 16 heavy (non-hydrogen) atoms. The van der Waals surface area contributed by atoms with Crippen molar-refractivity contribution in [3.05, 3.63) is 11.5 Å². The fraction of sp³-hybridized carbons (Fsp3) is 0.727. The average Bonchev–Trinajstić information content (AvgIpc) is 2.45. The van der Waals surface area contributed by atoms with Gasteiger partial charge in [-0.1, -0.05) is 20.8 Å². The van der Waals surface area contributed by atoms with Gasteiger partial charge in [0.1, 0.15) is 11.6 Å². The monoisotopic (exact) mass is 242 g/mol. The highest BCUT2D eigenvalue weighted by Gasteiger charge is 2.23. The van der Waals surface area contributed by atoms with Gasteiger partial charge in [0.25, 0.3) is 0 Å². The quantitative estimate of drug-likeness (QED) is 0.623. The summed E-state index contributed by atoms with van der Waals surface area (Å²) in [5.41, 5.74) is 6.81. The van der Waals surface area contributed by atoms with Crippen LogP contribution in [-0.4, -0.2) is 21.7 Å². The SMILES string of the molecule is CSCCCc1nc(C(C)(C)C)n(N)c1N. The van der Waals surface area contributed by atoms with Crippen molar-refractivity contribution >= 4 is 17.6 Å². The lowest BCUT2D eigenvalue weighted by molar-refractivity contribution is 0.530. The zero-order valence-corrected chi connectivity index (χ0v) is 11.4. The third-order valence-corrected chi connectivity index (χ3v) is 3.15. The molecule has 0 spiro atoms. The number of aryl methyl sites for hydroxylation is 1. The van der Waals surface area contributed by atoms with E-state index in [9.17, 15) is 0 Å². The molecule has 0 saturated carbocycles. The molecule has 0 aliphatic heterocycles. The maximum Gasteiger partial charge on any atom is 0.146 e. The van der Waals surface area contributed by atoms with Crippen LogP contribution in [-0.2, 0) is 11.8 Å². The van der Waals surface area contributed by atoms with Gasteiger partial charge in [-0.25, -0.2) is 9.66 Å². The zero-order valence-electron chi connectivity index (χ0n) is 10.6. The number of anilines is 1. The second-order valence-electron chi connectivity index (χ2n) is 4.98. The molecule has 0 saturated heterocycles. The number of rotatable bonds is 4. The van der Waals surface area contributed by atoms with E-state index >= 15 is 0 Å². The number of hydrogen-bond donors (Lipinski definition) is 2. The molecule has 4 N–H and O–H groups in total. The van der Waals surface area contributed by atoms with Crippen molar-refractivity contribution in [1.82, 2.24) is 9.66 Å². The van der Waals surface area contributed by atoms with E-state index in [0.29, 0.717) is 5.82 Å². The fourth-order valence-electron chi connectivity index (χ4n) is 1.59. The number of nitrogens with two attached hydrogens (primary N) is 2. The smallest absolute Gasteiger partial charge is 0.146 e. The molecule has 1 aromatic rings. The first kappa shape index (κ1) is 13.2. The summed E-state index contributed by atoms with van der Waals surface area (Å²) in [5, 5.41) is 0. The van der Waals surface area contributed by atoms with Crippen LogP contribution in [0.5, 0.6) is 0 Å². The minimum absolute atomic E-state index is 0.0688. The topological polar surface area (TPSA) is 69.9 Å². The average molecular weight is 242 g/mol. The number of hydrogen-bond acceptors (Lipinski definition) is 4. The van der Waals surface area contributed by atoms with Crippen LogP contribution in [0.4, 0.5) is 5.82 Å². The van der Waals surface area contributed by atoms with E-state index in [-0.39, 0.29) is 5.41 Å². The summed E-state index contributed by atoms with van der Waals surface area (Å²) in [5.74, 6) is 8.50. The molecule has 0 unspecified atom stereocenters. The van der Waals surface area contributed by atoms with Gasteiger partial charge >= 0.3 is 0 Å². The number of nitrogens with zero attached hydrogens (tertiary/aromatic N) is 2. The van der Waals surface area contributed by atoms with Gasteiger partial charge in [0.2, 0.25) is 0 Å².